The van der Waals surface area contributed by atoms with Gasteiger partial charge in [-0.3, -0.25) is 14.2 Å². The molecule has 0 aliphatic rings. The van der Waals surface area contributed by atoms with E-state index < -0.39 is 42.0 Å². The van der Waals surface area contributed by atoms with Crippen molar-refractivity contribution in [3.05, 3.63) is 36.0 Å². The van der Waals surface area contributed by atoms with Gasteiger partial charge in [0.15, 0.2) is 0 Å². The van der Waals surface area contributed by atoms with Crippen LogP contribution >= 0.6 is 0 Å². The van der Waals surface area contributed by atoms with Gasteiger partial charge in [0.05, 0.1) is 18.7 Å². The fourth-order valence-corrected chi connectivity index (χ4v) is 3.88. The highest BCUT2D eigenvalue weighted by Crippen LogP contribution is 2.23. The van der Waals surface area contributed by atoms with E-state index in [9.17, 15) is 24.3 Å². The van der Waals surface area contributed by atoms with E-state index in [1.54, 1.807) is 30.5 Å². The summed E-state index contributed by atoms with van der Waals surface area (Å²) in [4.78, 5) is 50.2. The Morgan fingerprint density at radius 3 is 2.43 bits per heavy atom. The van der Waals surface area contributed by atoms with Crippen molar-refractivity contribution in [2.24, 2.45) is 11.6 Å². The number of carboxylic acid groups (broad SMARTS) is 1. The molecule has 0 fully saturated rings. The largest absolute Gasteiger partial charge is 0.480 e. The maximum Gasteiger partial charge on any atom is 0.418 e. The van der Waals surface area contributed by atoms with E-state index in [2.05, 4.69) is 16.4 Å². The molecule has 0 bridgehead atoms. The van der Waals surface area contributed by atoms with E-state index in [1.165, 1.54) is 11.7 Å². The van der Waals surface area contributed by atoms with Crippen LogP contribution in [0.3, 0.4) is 0 Å². The van der Waals surface area contributed by atoms with Gasteiger partial charge in [-0.05, 0) is 30.4 Å². The molecule has 2 amide bonds. The van der Waals surface area contributed by atoms with Crippen LogP contribution in [-0.2, 0) is 25.5 Å². The Hall–Kier alpha value is -3.40. The summed E-state index contributed by atoms with van der Waals surface area (Å²) in [7, 11) is 1.26. The lowest BCUT2D eigenvalue weighted by Gasteiger charge is -2.23. The Kier molecular flexibility index (Phi) is 9.66. The zero-order valence-corrected chi connectivity index (χ0v) is 20.7. The number of unbranched alkanes of at least 4 members (excludes halogenated alkanes) is 1. The number of nitrogens with two attached hydrogens (primary N) is 1. The third-order valence-corrected chi connectivity index (χ3v) is 5.71. The van der Waals surface area contributed by atoms with E-state index in [0.29, 0.717) is 29.3 Å². The number of carbonyl (C=O) groups is 4. The topological polar surface area (TPSA) is 153 Å². The Morgan fingerprint density at radius 2 is 1.83 bits per heavy atom. The number of rotatable bonds is 13. The standard InChI is InChI=1S/C25H36N4O6/c1-5-6-10-19(24(32)33)27-23(31)20(28-22(30)18(26)12-15(2)3)13-16-14-29(25(34)35-4)21-11-8-7-9-17(16)21/h7-9,11,14-15,18-20H,5-6,10,12-13,26H2,1-4H3,(H,27,31)(H,28,30)(H,32,33)/t18-,19-,20-/m0/s1/i/hD. The first-order valence-corrected chi connectivity index (χ1v) is 11.8. The average molecular weight is 490 g/mol. The van der Waals surface area contributed by atoms with Crippen LogP contribution in [-0.4, -0.2) is 58.8 Å². The molecular weight excluding hydrogens is 452 g/mol. The molecule has 3 atom stereocenters. The number of amides is 2. The second-order valence-electron chi connectivity index (χ2n) is 9.00. The summed E-state index contributed by atoms with van der Waals surface area (Å²) in [6.07, 6.45) is 2.93. The Labute approximate surface area is 206 Å². The third-order valence-electron chi connectivity index (χ3n) is 5.71. The lowest BCUT2D eigenvalue weighted by atomic mass is 10.0. The number of hydrogen-bond acceptors (Lipinski definition) is 6. The molecule has 1 heterocycles. The molecule has 5 N–H and O–H groups in total. The van der Waals surface area contributed by atoms with Crippen molar-refractivity contribution in [1.29, 1.82) is 0 Å². The second kappa shape index (κ2) is 12.9. The van der Waals surface area contributed by atoms with Gasteiger partial charge in [0, 0.05) is 18.0 Å². The number of benzene rings is 1. The molecule has 0 saturated heterocycles. The summed E-state index contributed by atoms with van der Waals surface area (Å²) in [6, 6.07) is 3.97. The third kappa shape index (κ3) is 7.54. The Balaban J connectivity index is 2.41. The van der Waals surface area contributed by atoms with Gasteiger partial charge in [0.25, 0.3) is 0 Å². The molecule has 35 heavy (non-hydrogen) atoms. The first-order chi connectivity index (χ1) is 17.1. The number of methoxy groups -OCH3 is 1. The summed E-state index contributed by atoms with van der Waals surface area (Å²) in [5.41, 5.74) is 3.40. The van der Waals surface area contributed by atoms with E-state index in [-0.39, 0.29) is 18.8 Å². The van der Waals surface area contributed by atoms with Crippen molar-refractivity contribution in [2.45, 2.75) is 71.0 Å². The van der Waals surface area contributed by atoms with Gasteiger partial charge in [0.1, 0.15) is 13.5 Å². The zero-order chi connectivity index (χ0) is 26.8. The summed E-state index contributed by atoms with van der Waals surface area (Å²) in [6.45, 7) is 5.74. The number of aromatic nitrogens is 1. The maximum absolute atomic E-state index is 13.3. The molecule has 0 spiro atoms. The van der Waals surface area contributed by atoms with Crippen LogP contribution in [0.5, 0.6) is 0 Å². The summed E-state index contributed by atoms with van der Waals surface area (Å²) >= 11 is 0. The minimum atomic E-state index is -1.16. The number of para-hydroxylation sites is 1. The molecule has 0 aliphatic carbocycles. The predicted octanol–water partition coefficient (Wildman–Crippen LogP) is 2.42. The van der Waals surface area contributed by atoms with Crippen molar-refractivity contribution in [3.63, 3.8) is 0 Å². The molecule has 1 aromatic carbocycles. The number of nitrogens with zero attached hydrogens (tertiary/aromatic N) is 1. The zero-order valence-electron chi connectivity index (χ0n) is 21.7. The van der Waals surface area contributed by atoms with Crippen molar-refractivity contribution in [3.8, 4) is 0 Å². The Bertz CT molecular complexity index is 1070. The molecule has 1 aromatic heterocycles. The number of carbonyl (C=O) groups excluding carboxylic acids is 3. The van der Waals surface area contributed by atoms with Gasteiger partial charge in [-0.1, -0.05) is 51.8 Å². The first kappa shape index (κ1) is 26.2. The van der Waals surface area contributed by atoms with Gasteiger partial charge in [-0.25, -0.2) is 9.59 Å². The monoisotopic (exact) mass is 489 g/mol. The van der Waals surface area contributed by atoms with E-state index >= 15 is 0 Å². The molecule has 0 saturated carbocycles. The van der Waals surface area contributed by atoms with Gasteiger partial charge < -0.3 is 26.2 Å². The number of ether oxygens (including phenoxy) is 1. The van der Waals surface area contributed by atoms with Crippen molar-refractivity contribution >= 4 is 34.8 Å². The number of fused-ring (bicyclic) bond motifs is 1. The Morgan fingerprint density at radius 1 is 1.14 bits per heavy atom. The SMILES string of the molecule is [2H]N[C@@H](CC(C)C)C(=O)N[C@@H](Cc1cn(C(=O)OC)c2ccccc12)C(=O)N[C@@H](CCCC)C(=O)O. The van der Waals surface area contributed by atoms with Crippen LogP contribution in [0.2, 0.25) is 1.41 Å². The number of hydrogen-bond donors (Lipinski definition) is 4. The number of aliphatic carboxylic acids is 1. The first-order valence-electron chi connectivity index (χ1n) is 12.3. The summed E-state index contributed by atoms with van der Waals surface area (Å²) < 4.78 is 13.7. The molecule has 0 radical (unpaired) electrons. The van der Waals surface area contributed by atoms with E-state index in [1.807, 2.05) is 20.8 Å². The van der Waals surface area contributed by atoms with Crippen LogP contribution in [0.15, 0.2) is 30.5 Å². The highest BCUT2D eigenvalue weighted by Gasteiger charge is 2.29. The van der Waals surface area contributed by atoms with Gasteiger partial charge >= 0.3 is 12.1 Å². The highest BCUT2D eigenvalue weighted by molar-refractivity contribution is 5.94. The molecule has 10 nitrogen and oxygen atoms in total. The van der Waals surface area contributed by atoms with Gasteiger partial charge in [-0.15, -0.1) is 0 Å². The smallest absolute Gasteiger partial charge is 0.418 e. The quantitative estimate of drug-likeness (QED) is 0.337. The van der Waals surface area contributed by atoms with Crippen LogP contribution in [0.4, 0.5) is 4.79 Å². The highest BCUT2D eigenvalue weighted by atomic mass is 16.5. The summed E-state index contributed by atoms with van der Waals surface area (Å²) in [5, 5.41) is 15.5. The fraction of sp³-hybridized carbons (Fsp3) is 0.520. The van der Waals surface area contributed by atoms with Gasteiger partial charge in [0.2, 0.25) is 11.8 Å². The van der Waals surface area contributed by atoms with Crippen LogP contribution in [0.25, 0.3) is 10.9 Å². The molecule has 2 rings (SSSR count). The van der Waals surface area contributed by atoms with Crippen LogP contribution in [0.1, 0.15) is 52.0 Å². The molecule has 0 aliphatic heterocycles. The molecule has 2 aromatic rings. The van der Waals surface area contributed by atoms with Crippen molar-refractivity contribution < 1.29 is 30.4 Å². The average Bonchev–Trinajstić information content (AvgIpc) is 3.22. The normalized spacial score (nSPS) is 14.1. The van der Waals surface area contributed by atoms with Crippen LogP contribution in [0, 0.1) is 5.92 Å². The number of carboxylic acids is 1. The second-order valence-corrected chi connectivity index (χ2v) is 9.00. The predicted molar refractivity (Wildman–Crippen MR) is 132 cm³/mol. The van der Waals surface area contributed by atoms with E-state index in [4.69, 9.17) is 6.15 Å². The maximum atomic E-state index is 13.3. The minimum Gasteiger partial charge on any atom is -0.480 e. The number of nitrogens with one attached hydrogen (secondary N) is 2. The molecular formula is C25H36N4O6. The van der Waals surface area contributed by atoms with E-state index in [0.717, 1.165) is 6.42 Å². The van der Waals surface area contributed by atoms with Crippen molar-refractivity contribution in [2.75, 3.05) is 7.11 Å². The minimum absolute atomic E-state index is 0.00536. The van der Waals surface area contributed by atoms with Gasteiger partial charge in [-0.2, -0.15) is 0 Å². The lowest BCUT2D eigenvalue weighted by molar-refractivity contribution is -0.142. The van der Waals surface area contributed by atoms with Crippen molar-refractivity contribution in [1.82, 2.24) is 15.2 Å². The molecule has 10 heteroatoms. The lowest BCUT2D eigenvalue weighted by Crippen LogP contribution is -2.55. The summed E-state index contributed by atoms with van der Waals surface area (Å²) in [5.74, 6) is -2.24. The van der Waals surface area contributed by atoms with Crippen LogP contribution < -0.4 is 16.4 Å². The fourth-order valence-electron chi connectivity index (χ4n) is 3.88. The molecule has 0 unspecified atom stereocenters. The molecule has 192 valence electrons.